The van der Waals surface area contributed by atoms with Crippen LogP contribution < -0.4 is 10.5 Å². The quantitative estimate of drug-likeness (QED) is 0.618. The summed E-state index contributed by atoms with van der Waals surface area (Å²) in [5.74, 6) is -0.101. The Bertz CT molecular complexity index is 1090. The molecule has 0 aliphatic carbocycles. The summed E-state index contributed by atoms with van der Waals surface area (Å²) < 4.78 is 1.32. The molecule has 0 bridgehead atoms. The largest absolute Gasteiger partial charge is 0.368 e. The van der Waals surface area contributed by atoms with Crippen molar-refractivity contribution in [3.63, 3.8) is 0 Å². The molecule has 0 N–H and O–H groups in total. The SMILES string of the molecule is CC(C)(C(=O)N1CCN(c2ccc(Cl)cc2)CC1)n1nc(-c2cccs2)ccc1=O. The molecule has 1 aliphatic heterocycles. The fraction of sp³-hybridized carbons (Fsp3) is 0.318. The van der Waals surface area contributed by atoms with Crippen LogP contribution in [0.4, 0.5) is 5.69 Å². The number of piperazine rings is 1. The van der Waals surface area contributed by atoms with Crippen LogP contribution in [0.15, 0.2) is 58.7 Å². The molecular formula is C22H23ClN4O2S. The van der Waals surface area contributed by atoms with Gasteiger partial charge in [-0.3, -0.25) is 9.59 Å². The van der Waals surface area contributed by atoms with E-state index in [1.807, 2.05) is 46.7 Å². The molecule has 1 fully saturated rings. The highest BCUT2D eigenvalue weighted by molar-refractivity contribution is 7.13. The fourth-order valence-electron chi connectivity index (χ4n) is 3.66. The first kappa shape index (κ1) is 20.6. The third-order valence-electron chi connectivity index (χ3n) is 5.39. The van der Waals surface area contributed by atoms with E-state index in [4.69, 9.17) is 11.6 Å². The molecule has 0 saturated carbocycles. The van der Waals surface area contributed by atoms with Crippen LogP contribution >= 0.6 is 22.9 Å². The second-order valence-corrected chi connectivity index (χ2v) is 9.14. The zero-order valence-electron chi connectivity index (χ0n) is 16.9. The lowest BCUT2D eigenvalue weighted by atomic mass is 10.0. The molecule has 156 valence electrons. The highest BCUT2D eigenvalue weighted by Crippen LogP contribution is 2.24. The first-order valence-electron chi connectivity index (χ1n) is 9.81. The van der Waals surface area contributed by atoms with Crippen LogP contribution in [0.2, 0.25) is 5.02 Å². The maximum atomic E-state index is 13.4. The first-order chi connectivity index (χ1) is 14.4. The lowest BCUT2D eigenvalue weighted by Crippen LogP contribution is -2.56. The van der Waals surface area contributed by atoms with E-state index >= 15 is 0 Å². The van der Waals surface area contributed by atoms with Crippen LogP contribution in [0, 0.1) is 0 Å². The Hall–Kier alpha value is -2.64. The van der Waals surface area contributed by atoms with Crippen molar-refractivity contribution in [1.29, 1.82) is 0 Å². The smallest absolute Gasteiger partial charge is 0.267 e. The molecule has 1 saturated heterocycles. The molecule has 3 aromatic rings. The van der Waals surface area contributed by atoms with Crippen LogP contribution in [0.25, 0.3) is 10.6 Å². The van der Waals surface area contributed by atoms with Gasteiger partial charge in [-0.25, -0.2) is 4.68 Å². The Balaban J connectivity index is 1.51. The van der Waals surface area contributed by atoms with Crippen LogP contribution in [0.1, 0.15) is 13.8 Å². The molecule has 1 aliphatic rings. The summed E-state index contributed by atoms with van der Waals surface area (Å²) in [6, 6.07) is 14.8. The van der Waals surface area contributed by atoms with Crippen LogP contribution in [0.3, 0.4) is 0 Å². The van der Waals surface area contributed by atoms with Gasteiger partial charge in [0, 0.05) is 43.0 Å². The van der Waals surface area contributed by atoms with Gasteiger partial charge in [0.2, 0.25) is 5.91 Å². The minimum absolute atomic E-state index is 0.101. The summed E-state index contributed by atoms with van der Waals surface area (Å²) in [4.78, 5) is 30.9. The fourth-order valence-corrected chi connectivity index (χ4v) is 4.48. The Morgan fingerprint density at radius 2 is 1.73 bits per heavy atom. The van der Waals surface area contributed by atoms with Gasteiger partial charge in [-0.05, 0) is 55.6 Å². The average Bonchev–Trinajstić information content (AvgIpc) is 3.29. The van der Waals surface area contributed by atoms with Gasteiger partial charge in [-0.15, -0.1) is 11.3 Å². The Morgan fingerprint density at radius 3 is 2.37 bits per heavy atom. The number of hydrogen-bond acceptors (Lipinski definition) is 5. The molecule has 0 spiro atoms. The Kier molecular flexibility index (Phi) is 5.66. The molecule has 1 amide bonds. The molecule has 3 heterocycles. The Labute approximate surface area is 184 Å². The number of nitrogens with zero attached hydrogens (tertiary/aromatic N) is 4. The molecular weight excluding hydrogens is 420 g/mol. The molecule has 6 nitrogen and oxygen atoms in total. The zero-order chi connectivity index (χ0) is 21.3. The summed E-state index contributed by atoms with van der Waals surface area (Å²) in [5, 5.41) is 7.18. The maximum absolute atomic E-state index is 13.4. The summed E-state index contributed by atoms with van der Waals surface area (Å²) in [6.07, 6.45) is 0. The highest BCUT2D eigenvalue weighted by Gasteiger charge is 2.37. The van der Waals surface area contributed by atoms with E-state index in [2.05, 4.69) is 10.00 Å². The molecule has 30 heavy (non-hydrogen) atoms. The van der Waals surface area contributed by atoms with Crippen molar-refractivity contribution in [1.82, 2.24) is 14.7 Å². The standard InChI is InChI=1S/C22H23ClN4O2S/c1-22(2,27-20(28)10-9-18(24-27)19-4-3-15-30-19)21(29)26-13-11-25(12-14-26)17-7-5-16(23)6-8-17/h3-10,15H,11-14H2,1-2H3. The summed E-state index contributed by atoms with van der Waals surface area (Å²) in [7, 11) is 0. The minimum atomic E-state index is -1.08. The van der Waals surface area contributed by atoms with Gasteiger partial charge in [0.15, 0.2) is 0 Å². The number of carbonyl (C=O) groups is 1. The number of rotatable bonds is 4. The number of hydrogen-bond donors (Lipinski definition) is 0. The van der Waals surface area contributed by atoms with Crippen molar-refractivity contribution in [2.45, 2.75) is 19.4 Å². The maximum Gasteiger partial charge on any atom is 0.267 e. The molecule has 2 aromatic heterocycles. The number of anilines is 1. The summed E-state index contributed by atoms with van der Waals surface area (Å²) >= 11 is 7.53. The molecule has 1 aromatic carbocycles. The van der Waals surface area contributed by atoms with Crippen molar-refractivity contribution in [3.8, 4) is 10.6 Å². The van der Waals surface area contributed by atoms with E-state index in [1.54, 1.807) is 31.3 Å². The van der Waals surface area contributed by atoms with Crippen molar-refractivity contribution < 1.29 is 4.79 Å². The summed E-state index contributed by atoms with van der Waals surface area (Å²) in [6.45, 7) is 6.14. The monoisotopic (exact) mass is 442 g/mol. The molecule has 8 heteroatoms. The Morgan fingerprint density at radius 1 is 1.03 bits per heavy atom. The number of carbonyl (C=O) groups excluding carboxylic acids is 1. The van der Waals surface area contributed by atoms with Gasteiger partial charge < -0.3 is 9.80 Å². The minimum Gasteiger partial charge on any atom is -0.368 e. The number of benzene rings is 1. The zero-order valence-corrected chi connectivity index (χ0v) is 18.5. The number of amides is 1. The first-order valence-corrected chi connectivity index (χ1v) is 11.1. The van der Waals surface area contributed by atoms with E-state index in [9.17, 15) is 9.59 Å². The van der Waals surface area contributed by atoms with Gasteiger partial charge in [0.05, 0.1) is 4.88 Å². The van der Waals surface area contributed by atoms with Gasteiger partial charge >= 0.3 is 0 Å². The number of thiophene rings is 1. The normalized spacial score (nSPS) is 14.8. The molecule has 0 radical (unpaired) electrons. The third-order valence-corrected chi connectivity index (χ3v) is 6.53. The summed E-state index contributed by atoms with van der Waals surface area (Å²) in [5.41, 5.74) is 0.422. The second kappa shape index (κ2) is 8.24. The predicted octanol–water partition coefficient (Wildman–Crippen LogP) is 3.71. The number of aromatic nitrogens is 2. The van der Waals surface area contributed by atoms with E-state index < -0.39 is 5.54 Å². The molecule has 0 atom stereocenters. The average molecular weight is 443 g/mol. The van der Waals surface area contributed by atoms with Crippen LogP contribution in [-0.2, 0) is 10.3 Å². The van der Waals surface area contributed by atoms with Gasteiger partial charge in [0.1, 0.15) is 11.2 Å². The lowest BCUT2D eigenvalue weighted by Gasteiger charge is -2.39. The van der Waals surface area contributed by atoms with Crippen LogP contribution in [0.5, 0.6) is 0 Å². The van der Waals surface area contributed by atoms with Gasteiger partial charge in [-0.2, -0.15) is 5.10 Å². The van der Waals surface area contributed by atoms with Crippen molar-refractivity contribution in [2.24, 2.45) is 0 Å². The molecule has 0 unspecified atom stereocenters. The van der Waals surface area contributed by atoms with E-state index in [0.29, 0.717) is 23.8 Å². The van der Waals surface area contributed by atoms with Gasteiger partial charge in [0.25, 0.3) is 5.56 Å². The van der Waals surface area contributed by atoms with Crippen molar-refractivity contribution in [3.05, 3.63) is 69.3 Å². The van der Waals surface area contributed by atoms with E-state index in [1.165, 1.54) is 10.7 Å². The third kappa shape index (κ3) is 4.00. The highest BCUT2D eigenvalue weighted by atomic mass is 35.5. The van der Waals surface area contributed by atoms with Gasteiger partial charge in [-0.1, -0.05) is 17.7 Å². The molecule has 4 rings (SSSR count). The van der Waals surface area contributed by atoms with Crippen LogP contribution in [-0.4, -0.2) is 46.8 Å². The topological polar surface area (TPSA) is 58.4 Å². The second-order valence-electron chi connectivity index (χ2n) is 7.76. The van der Waals surface area contributed by atoms with Crippen molar-refractivity contribution in [2.75, 3.05) is 31.1 Å². The van der Waals surface area contributed by atoms with E-state index in [-0.39, 0.29) is 11.5 Å². The van der Waals surface area contributed by atoms with Crippen molar-refractivity contribution >= 4 is 34.5 Å². The predicted molar refractivity (Wildman–Crippen MR) is 121 cm³/mol. The lowest BCUT2D eigenvalue weighted by molar-refractivity contribution is -0.140. The van der Waals surface area contributed by atoms with E-state index in [0.717, 1.165) is 23.7 Å². The number of halogens is 1.